The van der Waals surface area contributed by atoms with Gasteiger partial charge >= 0.3 is 0 Å². The molecule has 1 atom stereocenters. The Hall–Kier alpha value is -1.50. The minimum atomic E-state index is -0.117. The monoisotopic (exact) mass is 396 g/mol. The van der Waals surface area contributed by atoms with Gasteiger partial charge in [-0.2, -0.15) is 0 Å². The average molecular weight is 397 g/mol. The number of carbonyl (C=O) groups excluding carboxylic acids is 1. The van der Waals surface area contributed by atoms with E-state index in [0.717, 1.165) is 42.6 Å². The van der Waals surface area contributed by atoms with Crippen molar-refractivity contribution in [3.05, 3.63) is 22.0 Å². The summed E-state index contributed by atoms with van der Waals surface area (Å²) in [6.07, 6.45) is 2.01. The molecule has 1 aliphatic heterocycles. The number of hydrogen-bond acceptors (Lipinski definition) is 5. The van der Waals surface area contributed by atoms with Gasteiger partial charge in [0.1, 0.15) is 4.88 Å². The molecule has 0 saturated carbocycles. The molecular weight excluding hydrogens is 372 g/mol. The molecule has 0 radical (unpaired) electrons. The highest BCUT2D eigenvalue weighted by atomic mass is 35.5. The highest BCUT2D eigenvalue weighted by Gasteiger charge is 2.22. The Bertz CT molecular complexity index is 789. The maximum atomic E-state index is 12.7. The highest BCUT2D eigenvalue weighted by Crippen LogP contribution is 2.43. The minimum absolute atomic E-state index is 0.107. The summed E-state index contributed by atoms with van der Waals surface area (Å²) in [4.78, 5) is 15.6. The van der Waals surface area contributed by atoms with Crippen molar-refractivity contribution in [1.29, 1.82) is 0 Å². The van der Waals surface area contributed by atoms with E-state index in [-0.39, 0.29) is 18.7 Å². The van der Waals surface area contributed by atoms with Crippen LogP contribution in [-0.4, -0.2) is 43.3 Å². The van der Waals surface area contributed by atoms with E-state index < -0.39 is 0 Å². The topological polar surface area (TPSA) is 50.8 Å². The zero-order valence-electron chi connectivity index (χ0n) is 15.4. The number of fused-ring (bicyclic) bond motifs is 2. The SMILES string of the molecule is CCN(CC)CCCC(C)NC(=O)c1sc2cc3c(cc2c1Cl)OCO3. The van der Waals surface area contributed by atoms with Crippen LogP contribution in [0.15, 0.2) is 12.1 Å². The molecule has 0 aliphatic carbocycles. The van der Waals surface area contributed by atoms with Crippen LogP contribution in [0.5, 0.6) is 11.5 Å². The zero-order chi connectivity index (χ0) is 18.7. The van der Waals surface area contributed by atoms with Crippen LogP contribution in [0.1, 0.15) is 43.3 Å². The van der Waals surface area contributed by atoms with Gasteiger partial charge in [0, 0.05) is 22.2 Å². The van der Waals surface area contributed by atoms with Gasteiger partial charge in [-0.25, -0.2) is 0 Å². The Kier molecular flexibility index (Phi) is 6.27. The maximum Gasteiger partial charge on any atom is 0.263 e. The summed E-state index contributed by atoms with van der Waals surface area (Å²) in [7, 11) is 0. The van der Waals surface area contributed by atoms with Gasteiger partial charge in [0.05, 0.1) is 5.02 Å². The van der Waals surface area contributed by atoms with Crippen molar-refractivity contribution in [3.8, 4) is 11.5 Å². The minimum Gasteiger partial charge on any atom is -0.454 e. The second-order valence-electron chi connectivity index (χ2n) is 6.49. The van der Waals surface area contributed by atoms with Crippen molar-refractivity contribution >= 4 is 38.9 Å². The second kappa shape index (κ2) is 8.46. The number of ether oxygens (including phenoxy) is 2. The molecule has 7 heteroatoms. The molecule has 1 aromatic heterocycles. The Balaban J connectivity index is 1.63. The van der Waals surface area contributed by atoms with Crippen molar-refractivity contribution in [1.82, 2.24) is 10.2 Å². The molecule has 142 valence electrons. The lowest BCUT2D eigenvalue weighted by molar-refractivity contribution is 0.0941. The van der Waals surface area contributed by atoms with Gasteiger partial charge in [-0.1, -0.05) is 25.4 Å². The van der Waals surface area contributed by atoms with Gasteiger partial charge in [0.25, 0.3) is 5.91 Å². The molecule has 1 N–H and O–H groups in total. The maximum absolute atomic E-state index is 12.7. The number of benzene rings is 1. The van der Waals surface area contributed by atoms with Gasteiger partial charge in [0.2, 0.25) is 6.79 Å². The zero-order valence-corrected chi connectivity index (χ0v) is 17.0. The van der Waals surface area contributed by atoms with Crippen LogP contribution >= 0.6 is 22.9 Å². The molecule has 0 saturated heterocycles. The lowest BCUT2D eigenvalue weighted by atomic mass is 10.1. The first-order valence-corrected chi connectivity index (χ1v) is 10.3. The molecule has 2 aromatic rings. The van der Waals surface area contributed by atoms with Crippen molar-refractivity contribution in [3.63, 3.8) is 0 Å². The molecule has 0 bridgehead atoms. The van der Waals surface area contributed by atoms with E-state index in [9.17, 15) is 4.79 Å². The number of nitrogens with one attached hydrogen (secondary N) is 1. The van der Waals surface area contributed by atoms with E-state index >= 15 is 0 Å². The molecule has 26 heavy (non-hydrogen) atoms. The summed E-state index contributed by atoms with van der Waals surface area (Å²) in [5.74, 6) is 1.26. The van der Waals surface area contributed by atoms with Crippen molar-refractivity contribution in [2.75, 3.05) is 26.4 Å². The first-order chi connectivity index (χ1) is 12.5. The van der Waals surface area contributed by atoms with E-state index in [1.807, 2.05) is 19.1 Å². The Morgan fingerprint density at radius 2 is 2.00 bits per heavy atom. The Morgan fingerprint density at radius 1 is 1.31 bits per heavy atom. The van der Waals surface area contributed by atoms with E-state index in [1.54, 1.807) is 0 Å². The predicted molar refractivity (Wildman–Crippen MR) is 107 cm³/mol. The normalized spacial score (nSPS) is 14.2. The summed E-state index contributed by atoms with van der Waals surface area (Å²) in [6.45, 7) is 9.79. The van der Waals surface area contributed by atoms with Crippen molar-refractivity contribution in [2.24, 2.45) is 0 Å². The number of thiophene rings is 1. The number of halogens is 1. The van der Waals surface area contributed by atoms with Gasteiger partial charge < -0.3 is 19.7 Å². The van der Waals surface area contributed by atoms with Crippen molar-refractivity contribution in [2.45, 2.75) is 39.7 Å². The lowest BCUT2D eigenvalue weighted by Crippen LogP contribution is -2.33. The molecule has 2 heterocycles. The molecule has 0 spiro atoms. The number of rotatable bonds is 8. The third-order valence-corrected chi connectivity index (χ3v) is 6.37. The molecule has 0 fully saturated rings. The van der Waals surface area contributed by atoms with E-state index in [4.69, 9.17) is 21.1 Å². The standard InChI is InChI=1S/C19H25ClN2O3S/c1-4-22(5-2)8-6-7-12(3)21-19(23)18-17(20)13-9-14-15(25-11-24-14)10-16(13)26-18/h9-10,12H,4-8,11H2,1-3H3,(H,21,23). The molecule has 3 rings (SSSR count). The predicted octanol–water partition coefficient (Wildman–Crippen LogP) is 4.52. The summed E-state index contributed by atoms with van der Waals surface area (Å²) in [5, 5.41) is 4.39. The van der Waals surface area contributed by atoms with Crippen LogP contribution in [0.2, 0.25) is 5.02 Å². The Morgan fingerprint density at radius 3 is 2.69 bits per heavy atom. The number of amides is 1. The third-order valence-electron chi connectivity index (χ3n) is 4.71. The van der Waals surface area contributed by atoms with Crippen LogP contribution in [0.3, 0.4) is 0 Å². The van der Waals surface area contributed by atoms with Gasteiger partial charge in [0.15, 0.2) is 11.5 Å². The average Bonchev–Trinajstić information content (AvgIpc) is 3.21. The van der Waals surface area contributed by atoms with Crippen LogP contribution in [0, 0.1) is 0 Å². The first kappa shape index (κ1) is 19.3. The molecule has 1 aromatic carbocycles. The quantitative estimate of drug-likeness (QED) is 0.712. The third kappa shape index (κ3) is 4.08. The number of hydrogen-bond donors (Lipinski definition) is 1. The molecule has 1 aliphatic rings. The molecule has 1 unspecified atom stereocenters. The molecule has 1 amide bonds. The second-order valence-corrected chi connectivity index (χ2v) is 7.92. The number of carbonyl (C=O) groups is 1. The van der Waals surface area contributed by atoms with Gasteiger partial charge in [-0.15, -0.1) is 11.3 Å². The summed E-state index contributed by atoms with van der Waals surface area (Å²) < 4.78 is 11.7. The van der Waals surface area contributed by atoms with E-state index in [2.05, 4.69) is 24.1 Å². The van der Waals surface area contributed by atoms with Crippen molar-refractivity contribution < 1.29 is 14.3 Å². The number of nitrogens with zero attached hydrogens (tertiary/aromatic N) is 1. The Labute approximate surface area is 163 Å². The van der Waals surface area contributed by atoms with Crippen LogP contribution in [0.4, 0.5) is 0 Å². The fourth-order valence-electron chi connectivity index (χ4n) is 3.12. The summed E-state index contributed by atoms with van der Waals surface area (Å²) >= 11 is 7.86. The first-order valence-electron chi connectivity index (χ1n) is 9.08. The van der Waals surface area contributed by atoms with E-state index in [0.29, 0.717) is 21.4 Å². The summed E-state index contributed by atoms with van der Waals surface area (Å²) in [5.41, 5.74) is 0. The van der Waals surface area contributed by atoms with Crippen LogP contribution in [0.25, 0.3) is 10.1 Å². The fraction of sp³-hybridized carbons (Fsp3) is 0.526. The highest BCUT2D eigenvalue weighted by molar-refractivity contribution is 7.21. The smallest absolute Gasteiger partial charge is 0.263 e. The largest absolute Gasteiger partial charge is 0.454 e. The molecule has 5 nitrogen and oxygen atoms in total. The lowest BCUT2D eigenvalue weighted by Gasteiger charge is -2.19. The van der Waals surface area contributed by atoms with E-state index in [1.165, 1.54) is 11.3 Å². The van der Waals surface area contributed by atoms with Crippen LogP contribution < -0.4 is 14.8 Å². The van der Waals surface area contributed by atoms with Gasteiger partial charge in [-0.05, 0) is 45.5 Å². The molecular formula is C19H25ClN2O3S. The van der Waals surface area contributed by atoms with Gasteiger partial charge in [-0.3, -0.25) is 4.79 Å². The fourth-order valence-corrected chi connectivity index (χ4v) is 4.55. The van der Waals surface area contributed by atoms with Crippen LogP contribution in [-0.2, 0) is 0 Å². The summed E-state index contributed by atoms with van der Waals surface area (Å²) in [6, 6.07) is 3.84.